The fraction of sp³-hybridized carbons (Fsp3) is 0.700. The summed E-state index contributed by atoms with van der Waals surface area (Å²) in [5, 5.41) is 3.23. The van der Waals surface area contributed by atoms with Crippen LogP contribution in [0.2, 0.25) is 0 Å². The normalized spacial score (nSPS) is 16.3. The Labute approximate surface area is 97.5 Å². The minimum Gasteiger partial charge on any atom is -0.345 e. The van der Waals surface area contributed by atoms with Crippen molar-refractivity contribution in [2.45, 2.75) is 32.7 Å². The second-order valence-electron chi connectivity index (χ2n) is 4.23. The first-order chi connectivity index (χ1) is 6.66. The van der Waals surface area contributed by atoms with Gasteiger partial charge in [-0.05, 0) is 34.7 Å². The standard InChI is InChI=1S/C10H15BrN2S/c1-7(2)5-13(8-3-4-8)10-12-9(11)6-14-10/h6-8H,3-5H2,1-2H3. The van der Waals surface area contributed by atoms with Crippen molar-refractivity contribution in [3.63, 3.8) is 0 Å². The van der Waals surface area contributed by atoms with Gasteiger partial charge in [-0.3, -0.25) is 0 Å². The van der Waals surface area contributed by atoms with Crippen LogP contribution < -0.4 is 4.90 Å². The molecule has 2 nitrogen and oxygen atoms in total. The topological polar surface area (TPSA) is 16.1 Å². The molecule has 1 aliphatic rings. The highest BCUT2D eigenvalue weighted by Gasteiger charge is 2.31. The molecule has 0 saturated heterocycles. The van der Waals surface area contributed by atoms with E-state index in [1.54, 1.807) is 11.3 Å². The van der Waals surface area contributed by atoms with E-state index in [4.69, 9.17) is 0 Å². The third kappa shape index (κ3) is 2.48. The summed E-state index contributed by atoms with van der Waals surface area (Å²) < 4.78 is 0.965. The maximum absolute atomic E-state index is 4.49. The van der Waals surface area contributed by atoms with Gasteiger partial charge in [-0.25, -0.2) is 4.98 Å². The lowest BCUT2D eigenvalue weighted by molar-refractivity contribution is 0.606. The predicted octanol–water partition coefficient (Wildman–Crippen LogP) is 3.53. The van der Waals surface area contributed by atoms with E-state index in [1.165, 1.54) is 18.0 Å². The first-order valence-corrected chi connectivity index (χ1v) is 6.71. The number of thiazole rings is 1. The van der Waals surface area contributed by atoms with Gasteiger partial charge in [0.05, 0.1) is 0 Å². The first-order valence-electron chi connectivity index (χ1n) is 5.04. The van der Waals surface area contributed by atoms with Crippen molar-refractivity contribution in [2.75, 3.05) is 11.4 Å². The van der Waals surface area contributed by atoms with Crippen LogP contribution in [-0.2, 0) is 0 Å². The van der Waals surface area contributed by atoms with Crippen molar-refractivity contribution in [3.05, 3.63) is 9.98 Å². The summed E-state index contributed by atoms with van der Waals surface area (Å²) in [7, 11) is 0. The molecular weight excluding hydrogens is 260 g/mol. The van der Waals surface area contributed by atoms with Crippen LogP contribution in [0.4, 0.5) is 5.13 Å². The number of aromatic nitrogens is 1. The zero-order valence-electron chi connectivity index (χ0n) is 8.53. The molecule has 1 saturated carbocycles. The van der Waals surface area contributed by atoms with Crippen LogP contribution in [0.5, 0.6) is 0 Å². The molecule has 0 aromatic carbocycles. The monoisotopic (exact) mass is 274 g/mol. The number of anilines is 1. The highest BCUT2D eigenvalue weighted by molar-refractivity contribution is 9.10. The molecule has 1 aliphatic carbocycles. The summed E-state index contributed by atoms with van der Waals surface area (Å²) in [6.07, 6.45) is 2.67. The molecule has 2 rings (SSSR count). The number of halogens is 1. The van der Waals surface area contributed by atoms with Crippen molar-refractivity contribution >= 4 is 32.4 Å². The highest BCUT2D eigenvalue weighted by Crippen LogP contribution is 2.34. The summed E-state index contributed by atoms with van der Waals surface area (Å²) in [4.78, 5) is 6.94. The van der Waals surface area contributed by atoms with Gasteiger partial charge in [0.2, 0.25) is 0 Å². The summed E-state index contributed by atoms with van der Waals surface area (Å²) >= 11 is 5.14. The van der Waals surface area contributed by atoms with Gasteiger partial charge in [0, 0.05) is 18.0 Å². The predicted molar refractivity (Wildman–Crippen MR) is 65.0 cm³/mol. The Morgan fingerprint density at radius 1 is 1.64 bits per heavy atom. The maximum atomic E-state index is 4.49. The Bertz CT molecular complexity index is 307. The largest absolute Gasteiger partial charge is 0.345 e. The molecule has 1 aromatic rings. The number of nitrogens with zero attached hydrogens (tertiary/aromatic N) is 2. The third-order valence-electron chi connectivity index (χ3n) is 2.26. The Hall–Kier alpha value is -0.0900. The van der Waals surface area contributed by atoms with E-state index in [0.717, 1.165) is 17.2 Å². The minimum atomic E-state index is 0.707. The lowest BCUT2D eigenvalue weighted by Gasteiger charge is -2.23. The second-order valence-corrected chi connectivity index (χ2v) is 5.88. The molecule has 0 atom stereocenters. The average molecular weight is 275 g/mol. The van der Waals surface area contributed by atoms with Crippen LogP contribution in [0.1, 0.15) is 26.7 Å². The smallest absolute Gasteiger partial charge is 0.186 e. The SMILES string of the molecule is CC(C)CN(c1nc(Br)cs1)C1CC1. The molecule has 0 N–H and O–H groups in total. The molecule has 0 unspecified atom stereocenters. The summed E-state index contributed by atoms with van der Waals surface area (Å²) in [5.41, 5.74) is 0. The molecule has 0 amide bonds. The van der Waals surface area contributed by atoms with Gasteiger partial charge in [-0.15, -0.1) is 11.3 Å². The van der Waals surface area contributed by atoms with E-state index in [2.05, 4.69) is 45.0 Å². The molecule has 1 aromatic heterocycles. The lowest BCUT2D eigenvalue weighted by Crippen LogP contribution is -2.29. The molecule has 0 spiro atoms. The Morgan fingerprint density at radius 3 is 2.79 bits per heavy atom. The maximum Gasteiger partial charge on any atom is 0.186 e. The van der Waals surface area contributed by atoms with Gasteiger partial charge in [0.15, 0.2) is 5.13 Å². The lowest BCUT2D eigenvalue weighted by atomic mass is 10.2. The van der Waals surface area contributed by atoms with Crippen LogP contribution in [0.15, 0.2) is 9.98 Å². The van der Waals surface area contributed by atoms with Crippen LogP contribution in [0.25, 0.3) is 0 Å². The first kappa shape index (κ1) is 10.4. The Morgan fingerprint density at radius 2 is 2.36 bits per heavy atom. The molecule has 0 aliphatic heterocycles. The molecule has 1 heterocycles. The number of rotatable bonds is 4. The van der Waals surface area contributed by atoms with Crippen molar-refractivity contribution < 1.29 is 0 Å². The zero-order chi connectivity index (χ0) is 10.1. The van der Waals surface area contributed by atoms with Gasteiger partial charge in [-0.2, -0.15) is 0 Å². The van der Waals surface area contributed by atoms with Crippen molar-refractivity contribution in [3.8, 4) is 0 Å². The van der Waals surface area contributed by atoms with Gasteiger partial charge in [-0.1, -0.05) is 13.8 Å². The zero-order valence-corrected chi connectivity index (χ0v) is 10.9. The molecule has 0 radical (unpaired) electrons. The van der Waals surface area contributed by atoms with E-state index >= 15 is 0 Å². The summed E-state index contributed by atoms with van der Waals surface area (Å²) in [6, 6.07) is 0.760. The average Bonchev–Trinajstić information content (AvgIpc) is 2.85. The van der Waals surface area contributed by atoms with Gasteiger partial charge in [0.25, 0.3) is 0 Å². The Kier molecular flexibility index (Phi) is 3.12. The molecule has 0 bridgehead atoms. The number of hydrogen-bond acceptors (Lipinski definition) is 3. The van der Waals surface area contributed by atoms with Gasteiger partial charge >= 0.3 is 0 Å². The van der Waals surface area contributed by atoms with Crippen LogP contribution in [0.3, 0.4) is 0 Å². The summed E-state index contributed by atoms with van der Waals surface area (Å²) in [6.45, 7) is 5.65. The fourth-order valence-electron chi connectivity index (χ4n) is 1.54. The quantitative estimate of drug-likeness (QED) is 0.835. The van der Waals surface area contributed by atoms with Crippen LogP contribution in [0, 0.1) is 5.92 Å². The molecule has 14 heavy (non-hydrogen) atoms. The van der Waals surface area contributed by atoms with Crippen molar-refractivity contribution in [2.24, 2.45) is 5.92 Å². The molecule has 1 fully saturated rings. The van der Waals surface area contributed by atoms with Crippen molar-refractivity contribution in [1.29, 1.82) is 0 Å². The van der Waals surface area contributed by atoms with E-state index in [9.17, 15) is 0 Å². The molecule has 4 heteroatoms. The van der Waals surface area contributed by atoms with Gasteiger partial charge in [0.1, 0.15) is 4.60 Å². The van der Waals surface area contributed by atoms with Gasteiger partial charge < -0.3 is 4.90 Å². The second kappa shape index (κ2) is 4.19. The molecule has 78 valence electrons. The fourth-order valence-corrected chi connectivity index (χ4v) is 2.87. The van der Waals surface area contributed by atoms with E-state index in [1.807, 2.05) is 0 Å². The number of hydrogen-bond donors (Lipinski definition) is 0. The Balaban J connectivity index is 2.09. The van der Waals surface area contributed by atoms with Crippen molar-refractivity contribution in [1.82, 2.24) is 4.98 Å². The highest BCUT2D eigenvalue weighted by atomic mass is 79.9. The minimum absolute atomic E-state index is 0.707. The van der Waals surface area contributed by atoms with Crippen LogP contribution in [-0.4, -0.2) is 17.6 Å². The third-order valence-corrected chi connectivity index (χ3v) is 3.85. The van der Waals surface area contributed by atoms with E-state index < -0.39 is 0 Å². The molecular formula is C10H15BrN2S. The van der Waals surface area contributed by atoms with Crippen LogP contribution >= 0.6 is 27.3 Å². The summed E-state index contributed by atoms with van der Waals surface area (Å²) in [5.74, 6) is 0.707. The van der Waals surface area contributed by atoms with E-state index in [-0.39, 0.29) is 0 Å². The van der Waals surface area contributed by atoms with E-state index in [0.29, 0.717) is 5.92 Å².